The molecule has 2 aromatic heterocycles. The second-order valence-corrected chi connectivity index (χ2v) is 7.17. The molecule has 2 N–H and O–H groups in total. The number of carbonyl (C=O) groups is 2. The van der Waals surface area contributed by atoms with Gasteiger partial charge in [0.2, 0.25) is 5.91 Å². The summed E-state index contributed by atoms with van der Waals surface area (Å²) in [6.07, 6.45) is 3.87. The number of amides is 1. The molecule has 8 nitrogen and oxygen atoms in total. The van der Waals surface area contributed by atoms with Crippen LogP contribution in [0.2, 0.25) is 0 Å². The summed E-state index contributed by atoms with van der Waals surface area (Å²) in [7, 11) is 0. The summed E-state index contributed by atoms with van der Waals surface area (Å²) in [5, 5.41) is 20.8. The van der Waals surface area contributed by atoms with Crippen LogP contribution in [0.15, 0.2) is 30.6 Å². The first-order chi connectivity index (χ1) is 13.3. The number of carboxylic acid groups (broad SMARTS) is 1. The lowest BCUT2D eigenvalue weighted by atomic mass is 9.83. The fourth-order valence-corrected chi connectivity index (χ4v) is 4.10. The number of hydrogen-bond acceptors (Lipinski definition) is 4. The van der Waals surface area contributed by atoms with Gasteiger partial charge in [0.1, 0.15) is 12.4 Å². The van der Waals surface area contributed by atoms with Crippen LogP contribution < -0.4 is 5.32 Å². The molecule has 1 aromatic carbocycles. The zero-order chi connectivity index (χ0) is 20.0. The third-order valence-electron chi connectivity index (χ3n) is 5.04. The van der Waals surface area contributed by atoms with Crippen LogP contribution in [-0.4, -0.2) is 36.5 Å². The topological polar surface area (TPSA) is 102 Å². The zero-order valence-corrected chi connectivity index (χ0v) is 15.9. The summed E-state index contributed by atoms with van der Waals surface area (Å²) in [6.45, 7) is 5.59. The minimum atomic E-state index is -1.01. The molecule has 1 aliphatic heterocycles. The van der Waals surface area contributed by atoms with Gasteiger partial charge in [-0.1, -0.05) is 17.7 Å². The predicted octanol–water partition coefficient (Wildman–Crippen LogP) is 2.55. The lowest BCUT2D eigenvalue weighted by Gasteiger charge is -2.27. The number of benzene rings is 1. The first-order valence-corrected chi connectivity index (χ1v) is 9.05. The first kappa shape index (κ1) is 18.0. The summed E-state index contributed by atoms with van der Waals surface area (Å²) in [5.74, 6) is -0.935. The van der Waals surface area contributed by atoms with E-state index in [2.05, 4.69) is 27.6 Å². The van der Waals surface area contributed by atoms with Gasteiger partial charge >= 0.3 is 5.97 Å². The maximum atomic E-state index is 12.5. The maximum absolute atomic E-state index is 12.5. The SMILES string of the molecule is Cc1cc(C)c(-n2cccn2)c([C@@H]2CC(=O)Nc3c2c(C)nn3CC(=O)O)c1. The van der Waals surface area contributed by atoms with Crippen molar-refractivity contribution in [3.8, 4) is 5.69 Å². The van der Waals surface area contributed by atoms with Crippen LogP contribution in [0.25, 0.3) is 5.69 Å². The molecule has 0 radical (unpaired) electrons. The van der Waals surface area contributed by atoms with Gasteiger partial charge < -0.3 is 10.4 Å². The normalized spacial score (nSPS) is 16.0. The molecule has 1 aliphatic rings. The second kappa shape index (κ2) is 6.63. The Hall–Kier alpha value is -3.42. The van der Waals surface area contributed by atoms with Gasteiger partial charge in [-0.2, -0.15) is 10.2 Å². The van der Waals surface area contributed by atoms with Crippen molar-refractivity contribution in [2.24, 2.45) is 0 Å². The minimum absolute atomic E-state index is 0.158. The highest BCUT2D eigenvalue weighted by molar-refractivity contribution is 5.95. The Bertz CT molecular complexity index is 1080. The highest BCUT2D eigenvalue weighted by Crippen LogP contribution is 2.42. The maximum Gasteiger partial charge on any atom is 0.325 e. The van der Waals surface area contributed by atoms with Gasteiger partial charge in [-0.3, -0.25) is 9.59 Å². The van der Waals surface area contributed by atoms with Crippen molar-refractivity contribution in [1.82, 2.24) is 19.6 Å². The van der Waals surface area contributed by atoms with Gasteiger partial charge in [-0.05, 0) is 38.0 Å². The molecule has 0 bridgehead atoms. The van der Waals surface area contributed by atoms with E-state index >= 15 is 0 Å². The number of anilines is 1. The van der Waals surface area contributed by atoms with E-state index < -0.39 is 5.97 Å². The van der Waals surface area contributed by atoms with E-state index in [4.69, 9.17) is 0 Å². The molecule has 3 aromatic rings. The number of hydrogen-bond donors (Lipinski definition) is 2. The van der Waals surface area contributed by atoms with Crippen LogP contribution in [0.5, 0.6) is 0 Å². The largest absolute Gasteiger partial charge is 0.480 e. The Morgan fingerprint density at radius 3 is 2.79 bits per heavy atom. The number of aryl methyl sites for hydroxylation is 3. The van der Waals surface area contributed by atoms with Gasteiger partial charge in [-0.15, -0.1) is 0 Å². The molecule has 1 atom stereocenters. The lowest BCUT2D eigenvalue weighted by Crippen LogP contribution is -2.26. The number of aliphatic carboxylic acids is 1. The highest BCUT2D eigenvalue weighted by Gasteiger charge is 2.34. The summed E-state index contributed by atoms with van der Waals surface area (Å²) in [4.78, 5) is 23.7. The Labute approximate surface area is 161 Å². The molecular formula is C20H21N5O3. The summed E-state index contributed by atoms with van der Waals surface area (Å²) in [5.41, 5.74) is 5.64. The fraction of sp³-hybridized carbons (Fsp3) is 0.300. The number of carboxylic acids is 1. The minimum Gasteiger partial charge on any atom is -0.480 e. The van der Waals surface area contributed by atoms with E-state index in [0.717, 1.165) is 27.9 Å². The number of nitrogens with zero attached hydrogens (tertiary/aromatic N) is 4. The Morgan fingerprint density at radius 1 is 1.32 bits per heavy atom. The van der Waals surface area contributed by atoms with Crippen molar-refractivity contribution < 1.29 is 14.7 Å². The van der Waals surface area contributed by atoms with Crippen LogP contribution in [0, 0.1) is 20.8 Å². The molecule has 1 amide bonds. The second-order valence-electron chi connectivity index (χ2n) is 7.17. The summed E-state index contributed by atoms with van der Waals surface area (Å²) in [6, 6.07) is 6.02. The van der Waals surface area contributed by atoms with Crippen molar-refractivity contribution in [3.63, 3.8) is 0 Å². The van der Waals surface area contributed by atoms with E-state index in [1.807, 2.05) is 37.7 Å². The molecule has 0 saturated heterocycles. The molecule has 0 saturated carbocycles. The summed E-state index contributed by atoms with van der Waals surface area (Å²) < 4.78 is 3.17. The Morgan fingerprint density at radius 2 is 2.11 bits per heavy atom. The van der Waals surface area contributed by atoms with E-state index in [1.165, 1.54) is 4.68 Å². The molecule has 0 spiro atoms. The van der Waals surface area contributed by atoms with Crippen molar-refractivity contribution >= 4 is 17.7 Å². The van der Waals surface area contributed by atoms with Crippen molar-refractivity contribution in [3.05, 3.63) is 58.5 Å². The quantitative estimate of drug-likeness (QED) is 0.725. The van der Waals surface area contributed by atoms with Gasteiger partial charge in [0.25, 0.3) is 0 Å². The average Bonchev–Trinajstić information content (AvgIpc) is 3.22. The van der Waals surface area contributed by atoms with Crippen molar-refractivity contribution in [2.45, 2.75) is 39.7 Å². The number of aromatic nitrogens is 4. The van der Waals surface area contributed by atoms with Crippen LogP contribution in [0.3, 0.4) is 0 Å². The molecule has 8 heteroatoms. The van der Waals surface area contributed by atoms with E-state index in [1.54, 1.807) is 6.20 Å². The van der Waals surface area contributed by atoms with E-state index in [-0.39, 0.29) is 24.8 Å². The van der Waals surface area contributed by atoms with E-state index in [0.29, 0.717) is 11.5 Å². The van der Waals surface area contributed by atoms with Gasteiger partial charge in [0, 0.05) is 30.3 Å². The summed E-state index contributed by atoms with van der Waals surface area (Å²) >= 11 is 0. The number of nitrogens with one attached hydrogen (secondary N) is 1. The van der Waals surface area contributed by atoms with Gasteiger partial charge in [-0.25, -0.2) is 9.36 Å². The van der Waals surface area contributed by atoms with Crippen LogP contribution in [0.4, 0.5) is 5.82 Å². The van der Waals surface area contributed by atoms with Crippen molar-refractivity contribution in [1.29, 1.82) is 0 Å². The van der Waals surface area contributed by atoms with Crippen LogP contribution in [-0.2, 0) is 16.1 Å². The Kier molecular flexibility index (Phi) is 4.26. The van der Waals surface area contributed by atoms with Crippen LogP contribution >= 0.6 is 0 Å². The molecule has 144 valence electrons. The van der Waals surface area contributed by atoms with E-state index in [9.17, 15) is 14.7 Å². The monoisotopic (exact) mass is 379 g/mol. The molecule has 3 heterocycles. The van der Waals surface area contributed by atoms with Crippen molar-refractivity contribution in [2.75, 3.05) is 5.32 Å². The third-order valence-corrected chi connectivity index (χ3v) is 5.04. The first-order valence-electron chi connectivity index (χ1n) is 9.05. The molecule has 0 aliphatic carbocycles. The molecule has 28 heavy (non-hydrogen) atoms. The fourth-order valence-electron chi connectivity index (χ4n) is 4.10. The number of fused-ring (bicyclic) bond motifs is 1. The van der Waals surface area contributed by atoms with Gasteiger partial charge in [0.05, 0.1) is 11.4 Å². The lowest BCUT2D eigenvalue weighted by molar-refractivity contribution is -0.137. The van der Waals surface area contributed by atoms with Crippen LogP contribution in [0.1, 0.15) is 40.3 Å². The molecule has 0 fully saturated rings. The highest BCUT2D eigenvalue weighted by atomic mass is 16.4. The standard InChI is InChI=1S/C20H21N5O3/c1-11-7-12(2)19(24-6-4-5-21-24)15(8-11)14-9-16(26)22-20-18(14)13(3)23-25(20)10-17(27)28/h4-8,14H,9-10H2,1-3H3,(H,22,26)(H,27,28)/t14-/m0/s1. The van der Waals surface area contributed by atoms with Gasteiger partial charge in [0.15, 0.2) is 0 Å². The predicted molar refractivity (Wildman–Crippen MR) is 103 cm³/mol. The molecule has 4 rings (SSSR count). The smallest absolute Gasteiger partial charge is 0.325 e. The molecular weight excluding hydrogens is 358 g/mol. The molecule has 0 unspecified atom stereocenters. The number of carbonyl (C=O) groups excluding carboxylic acids is 1. The third kappa shape index (κ3) is 2.96. The number of rotatable bonds is 4. The Balaban J connectivity index is 1.94. The zero-order valence-electron chi connectivity index (χ0n) is 15.9. The average molecular weight is 379 g/mol.